The van der Waals surface area contributed by atoms with Crippen LogP contribution in [0.5, 0.6) is 0 Å². The van der Waals surface area contributed by atoms with Crippen LogP contribution in [0, 0.1) is 5.82 Å². The summed E-state index contributed by atoms with van der Waals surface area (Å²) in [7, 11) is 0. The average Bonchev–Trinajstić information content (AvgIpc) is 2.24. The van der Waals surface area contributed by atoms with Gasteiger partial charge in [-0.1, -0.05) is 12.1 Å². The molecule has 0 spiro atoms. The van der Waals surface area contributed by atoms with Crippen molar-refractivity contribution < 1.29 is 9.50 Å². The first-order valence-corrected chi connectivity index (χ1v) is 5.15. The van der Waals surface area contributed by atoms with Crippen molar-refractivity contribution in [3.05, 3.63) is 42.2 Å². The van der Waals surface area contributed by atoms with E-state index >= 15 is 0 Å². The normalized spacial score (nSPS) is 10.7. The van der Waals surface area contributed by atoms with Crippen molar-refractivity contribution in [1.29, 1.82) is 0 Å². The van der Waals surface area contributed by atoms with Crippen molar-refractivity contribution in [3.63, 3.8) is 0 Å². The molecule has 0 atom stereocenters. The first-order valence-electron chi connectivity index (χ1n) is 5.15. The highest BCUT2D eigenvalue weighted by Crippen LogP contribution is 2.13. The molecule has 0 bridgehead atoms. The molecule has 0 amide bonds. The minimum Gasteiger partial charge on any atom is -0.396 e. The Morgan fingerprint density at radius 2 is 2.25 bits per heavy atom. The molecule has 0 radical (unpaired) electrons. The van der Waals surface area contributed by atoms with Crippen LogP contribution in [-0.4, -0.2) is 29.7 Å². The Bertz CT molecular complexity index is 355. The van der Waals surface area contributed by atoms with Gasteiger partial charge in [0.15, 0.2) is 0 Å². The van der Waals surface area contributed by atoms with Crippen LogP contribution in [0.25, 0.3) is 0 Å². The molecule has 0 aromatic heterocycles. The van der Waals surface area contributed by atoms with Gasteiger partial charge in [-0.3, -0.25) is 4.90 Å². The Morgan fingerprint density at radius 1 is 1.50 bits per heavy atom. The maximum absolute atomic E-state index is 13.2. The molecule has 0 aliphatic heterocycles. The number of nitrogens with zero attached hydrogens (tertiary/aromatic N) is 1. The van der Waals surface area contributed by atoms with Crippen molar-refractivity contribution in [2.24, 2.45) is 0 Å². The lowest BCUT2D eigenvalue weighted by Crippen LogP contribution is -2.26. The first-order chi connectivity index (χ1) is 7.67. The fraction of sp³-hybridized carbons (Fsp3) is 0.333. The van der Waals surface area contributed by atoms with Crippen molar-refractivity contribution in [2.75, 3.05) is 25.4 Å². The monoisotopic (exact) mass is 224 g/mol. The molecule has 4 heteroatoms. The summed E-state index contributed by atoms with van der Waals surface area (Å²) in [5.41, 5.74) is 6.38. The SMILES string of the molecule is C=CCN(CCO)Cc1ccc(N)c(F)c1. The van der Waals surface area contributed by atoms with Crippen LogP contribution in [0.3, 0.4) is 0 Å². The maximum atomic E-state index is 13.2. The van der Waals surface area contributed by atoms with Crippen LogP contribution in [-0.2, 0) is 6.54 Å². The van der Waals surface area contributed by atoms with Crippen LogP contribution in [0.4, 0.5) is 10.1 Å². The van der Waals surface area contributed by atoms with Gasteiger partial charge >= 0.3 is 0 Å². The first kappa shape index (κ1) is 12.7. The number of aliphatic hydroxyl groups is 1. The van der Waals surface area contributed by atoms with Gasteiger partial charge in [0.1, 0.15) is 5.82 Å². The van der Waals surface area contributed by atoms with Crippen molar-refractivity contribution >= 4 is 5.69 Å². The van der Waals surface area contributed by atoms with Gasteiger partial charge in [0.2, 0.25) is 0 Å². The summed E-state index contributed by atoms with van der Waals surface area (Å²) in [6.07, 6.45) is 1.75. The van der Waals surface area contributed by atoms with Crippen LogP contribution in [0.15, 0.2) is 30.9 Å². The third-order valence-electron chi connectivity index (χ3n) is 2.27. The summed E-state index contributed by atoms with van der Waals surface area (Å²) >= 11 is 0. The summed E-state index contributed by atoms with van der Waals surface area (Å²) < 4.78 is 13.2. The van der Waals surface area contributed by atoms with E-state index in [9.17, 15) is 4.39 Å². The molecule has 0 aliphatic carbocycles. The summed E-state index contributed by atoms with van der Waals surface area (Å²) in [6.45, 7) is 5.49. The van der Waals surface area contributed by atoms with Crippen molar-refractivity contribution in [3.8, 4) is 0 Å². The fourth-order valence-electron chi connectivity index (χ4n) is 1.49. The zero-order chi connectivity index (χ0) is 12.0. The summed E-state index contributed by atoms with van der Waals surface area (Å²) in [4.78, 5) is 1.97. The summed E-state index contributed by atoms with van der Waals surface area (Å²) in [6, 6.07) is 4.75. The van der Waals surface area contributed by atoms with Gasteiger partial charge in [-0.2, -0.15) is 0 Å². The zero-order valence-electron chi connectivity index (χ0n) is 9.19. The Kier molecular flexibility index (Phi) is 4.95. The predicted octanol–water partition coefficient (Wildman–Crippen LogP) is 1.39. The van der Waals surface area contributed by atoms with Gasteiger partial charge in [0.25, 0.3) is 0 Å². The molecule has 16 heavy (non-hydrogen) atoms. The third kappa shape index (κ3) is 3.64. The fourth-order valence-corrected chi connectivity index (χ4v) is 1.49. The minimum atomic E-state index is -0.403. The van der Waals surface area contributed by atoms with Crippen molar-refractivity contribution in [1.82, 2.24) is 4.90 Å². The van der Waals surface area contributed by atoms with E-state index < -0.39 is 5.82 Å². The second kappa shape index (κ2) is 6.25. The lowest BCUT2D eigenvalue weighted by Gasteiger charge is -2.19. The predicted molar refractivity (Wildman–Crippen MR) is 63.4 cm³/mol. The summed E-state index contributed by atoms with van der Waals surface area (Å²) in [5.74, 6) is -0.403. The molecule has 0 heterocycles. The molecule has 1 aromatic rings. The number of halogens is 1. The number of benzene rings is 1. The minimum absolute atomic E-state index is 0.0747. The highest BCUT2D eigenvalue weighted by Gasteiger charge is 2.05. The smallest absolute Gasteiger partial charge is 0.146 e. The molecule has 0 saturated heterocycles. The number of hydrogen-bond acceptors (Lipinski definition) is 3. The second-order valence-electron chi connectivity index (χ2n) is 3.60. The number of aliphatic hydroxyl groups excluding tert-OH is 1. The van der Waals surface area contributed by atoms with E-state index in [4.69, 9.17) is 10.8 Å². The molecular weight excluding hydrogens is 207 g/mol. The maximum Gasteiger partial charge on any atom is 0.146 e. The van der Waals surface area contributed by atoms with Gasteiger partial charge < -0.3 is 10.8 Å². The van der Waals surface area contributed by atoms with Crippen LogP contribution >= 0.6 is 0 Å². The van der Waals surface area contributed by atoms with Gasteiger partial charge in [-0.15, -0.1) is 6.58 Å². The quantitative estimate of drug-likeness (QED) is 0.567. The van der Waals surface area contributed by atoms with E-state index in [0.717, 1.165) is 5.56 Å². The standard InChI is InChI=1S/C12H17FN2O/c1-2-5-15(6-7-16)9-10-3-4-12(14)11(13)8-10/h2-4,8,16H,1,5-7,9,14H2. The molecule has 0 fully saturated rings. The number of nitrogens with two attached hydrogens (primary N) is 1. The van der Waals surface area contributed by atoms with Crippen LogP contribution in [0.1, 0.15) is 5.56 Å². The van der Waals surface area contributed by atoms with E-state index in [2.05, 4.69) is 6.58 Å². The van der Waals surface area contributed by atoms with Gasteiger partial charge in [0, 0.05) is 19.6 Å². The number of rotatable bonds is 6. The van der Waals surface area contributed by atoms with E-state index in [1.165, 1.54) is 6.07 Å². The highest BCUT2D eigenvalue weighted by atomic mass is 19.1. The van der Waals surface area contributed by atoms with Crippen LogP contribution < -0.4 is 5.73 Å². The number of hydrogen-bond donors (Lipinski definition) is 2. The average molecular weight is 224 g/mol. The Hall–Kier alpha value is -1.39. The topological polar surface area (TPSA) is 49.5 Å². The Labute approximate surface area is 95.0 Å². The van der Waals surface area contributed by atoms with E-state index in [0.29, 0.717) is 19.6 Å². The Morgan fingerprint density at radius 3 is 2.81 bits per heavy atom. The van der Waals surface area contributed by atoms with Crippen LogP contribution in [0.2, 0.25) is 0 Å². The largest absolute Gasteiger partial charge is 0.396 e. The summed E-state index contributed by atoms with van der Waals surface area (Å²) in [5, 5.41) is 8.87. The lowest BCUT2D eigenvalue weighted by molar-refractivity contribution is 0.203. The van der Waals surface area contributed by atoms with Gasteiger partial charge in [0.05, 0.1) is 12.3 Å². The van der Waals surface area contributed by atoms with E-state index in [1.54, 1.807) is 18.2 Å². The number of anilines is 1. The highest BCUT2D eigenvalue weighted by molar-refractivity contribution is 5.41. The molecule has 0 unspecified atom stereocenters. The second-order valence-corrected chi connectivity index (χ2v) is 3.60. The molecule has 1 aromatic carbocycles. The van der Waals surface area contributed by atoms with E-state index in [-0.39, 0.29) is 12.3 Å². The number of nitrogen functional groups attached to an aromatic ring is 1. The van der Waals surface area contributed by atoms with Crippen molar-refractivity contribution in [2.45, 2.75) is 6.54 Å². The molecule has 88 valence electrons. The van der Waals surface area contributed by atoms with Gasteiger partial charge in [-0.25, -0.2) is 4.39 Å². The molecule has 0 aliphatic rings. The molecule has 3 N–H and O–H groups in total. The molecule has 0 saturated carbocycles. The van der Waals surface area contributed by atoms with E-state index in [1.807, 2.05) is 4.90 Å². The zero-order valence-corrected chi connectivity index (χ0v) is 9.19. The Balaban J connectivity index is 2.68. The lowest BCUT2D eigenvalue weighted by atomic mass is 10.2. The molecule has 1 rings (SSSR count). The molecule has 3 nitrogen and oxygen atoms in total. The third-order valence-corrected chi connectivity index (χ3v) is 2.27. The molecular formula is C12H17FN2O. The van der Waals surface area contributed by atoms with Gasteiger partial charge in [-0.05, 0) is 17.7 Å².